The van der Waals surface area contributed by atoms with Gasteiger partial charge in [-0.1, -0.05) is 0 Å². The van der Waals surface area contributed by atoms with Gasteiger partial charge in [0.2, 0.25) is 0 Å². The van der Waals surface area contributed by atoms with E-state index in [4.69, 9.17) is 9.72 Å². The summed E-state index contributed by atoms with van der Waals surface area (Å²) in [6, 6.07) is 2.09. The number of aromatic nitrogens is 2. The second-order valence-corrected chi connectivity index (χ2v) is 5.83. The van der Waals surface area contributed by atoms with Crippen molar-refractivity contribution < 1.29 is 4.74 Å². The van der Waals surface area contributed by atoms with Crippen LogP contribution in [0.2, 0.25) is 0 Å². The van der Waals surface area contributed by atoms with E-state index in [1.54, 1.807) is 7.11 Å². The molecule has 0 radical (unpaired) electrons. The fourth-order valence-electron chi connectivity index (χ4n) is 2.82. The Morgan fingerprint density at radius 1 is 1.35 bits per heavy atom. The highest BCUT2D eigenvalue weighted by atomic mass is 16.5. The molecule has 0 amide bonds. The van der Waals surface area contributed by atoms with Crippen molar-refractivity contribution >= 4 is 11.6 Å². The molecule has 1 saturated carbocycles. The molecule has 5 nitrogen and oxygen atoms in total. The molecule has 1 saturated heterocycles. The number of rotatable bonds is 6. The van der Waals surface area contributed by atoms with Crippen molar-refractivity contribution in [1.29, 1.82) is 0 Å². The largest absolute Gasteiger partial charge is 0.384 e. The van der Waals surface area contributed by atoms with E-state index in [2.05, 4.69) is 28.2 Å². The molecule has 1 atom stereocenters. The molecule has 0 aromatic carbocycles. The van der Waals surface area contributed by atoms with Crippen LogP contribution < -0.4 is 10.2 Å². The maximum Gasteiger partial charge on any atom is 0.136 e. The zero-order valence-corrected chi connectivity index (χ0v) is 12.4. The average Bonchev–Trinajstić information content (AvgIpc) is 3.20. The molecule has 20 heavy (non-hydrogen) atoms. The van der Waals surface area contributed by atoms with Crippen LogP contribution in [0, 0.1) is 5.92 Å². The van der Waals surface area contributed by atoms with Crippen molar-refractivity contribution in [1.82, 2.24) is 9.97 Å². The van der Waals surface area contributed by atoms with Gasteiger partial charge in [0.25, 0.3) is 0 Å². The molecule has 1 aliphatic heterocycles. The maximum atomic E-state index is 5.27. The van der Waals surface area contributed by atoms with Crippen LogP contribution in [0.3, 0.4) is 0 Å². The van der Waals surface area contributed by atoms with Crippen LogP contribution in [0.25, 0.3) is 0 Å². The molecule has 0 spiro atoms. The number of hydrogen-bond acceptors (Lipinski definition) is 5. The second kappa shape index (κ2) is 5.95. The summed E-state index contributed by atoms with van der Waals surface area (Å²) >= 11 is 0. The van der Waals surface area contributed by atoms with E-state index in [0.717, 1.165) is 43.7 Å². The molecule has 5 heteroatoms. The van der Waals surface area contributed by atoms with Crippen LogP contribution in [-0.2, 0) is 4.74 Å². The van der Waals surface area contributed by atoms with Gasteiger partial charge in [-0.05, 0) is 26.2 Å². The van der Waals surface area contributed by atoms with Crippen LogP contribution >= 0.6 is 0 Å². The summed E-state index contributed by atoms with van der Waals surface area (Å²) in [5, 5.41) is 3.33. The summed E-state index contributed by atoms with van der Waals surface area (Å²) in [6.45, 7) is 5.95. The number of nitrogens with zero attached hydrogens (tertiary/aromatic N) is 3. The highest BCUT2D eigenvalue weighted by molar-refractivity contribution is 5.50. The number of anilines is 2. The molecule has 1 N–H and O–H groups in total. The lowest BCUT2D eigenvalue weighted by atomic mass is 10.1. The third kappa shape index (κ3) is 3.03. The predicted octanol–water partition coefficient (Wildman–Crippen LogP) is 2.26. The van der Waals surface area contributed by atoms with E-state index < -0.39 is 0 Å². The fraction of sp³-hybridized carbons (Fsp3) is 0.733. The highest BCUT2D eigenvalue weighted by Gasteiger charge is 2.29. The summed E-state index contributed by atoms with van der Waals surface area (Å²) in [6.07, 6.45) is 3.66. The first-order valence-electron chi connectivity index (χ1n) is 7.67. The van der Waals surface area contributed by atoms with Gasteiger partial charge in [-0.2, -0.15) is 0 Å². The van der Waals surface area contributed by atoms with Crippen LogP contribution in [0.5, 0.6) is 0 Å². The number of nitrogens with one attached hydrogen (secondary N) is 1. The number of methoxy groups -OCH3 is 1. The van der Waals surface area contributed by atoms with Gasteiger partial charge in [-0.3, -0.25) is 0 Å². The Balaban J connectivity index is 1.77. The Morgan fingerprint density at radius 2 is 2.20 bits per heavy atom. The average molecular weight is 276 g/mol. The van der Waals surface area contributed by atoms with Crippen LogP contribution in [-0.4, -0.2) is 43.3 Å². The molecule has 110 valence electrons. The summed E-state index contributed by atoms with van der Waals surface area (Å²) < 4.78 is 5.27. The summed E-state index contributed by atoms with van der Waals surface area (Å²) in [7, 11) is 1.78. The van der Waals surface area contributed by atoms with Crippen molar-refractivity contribution in [3.8, 4) is 0 Å². The maximum absolute atomic E-state index is 5.27. The first kappa shape index (κ1) is 13.6. The first-order valence-corrected chi connectivity index (χ1v) is 7.67. The molecule has 2 heterocycles. The van der Waals surface area contributed by atoms with Gasteiger partial charge in [-0.15, -0.1) is 0 Å². The minimum Gasteiger partial charge on any atom is -0.384 e. The second-order valence-electron chi connectivity index (χ2n) is 5.83. The molecule has 1 unspecified atom stereocenters. The smallest absolute Gasteiger partial charge is 0.136 e. The quantitative estimate of drug-likeness (QED) is 0.863. The molecular weight excluding hydrogens is 252 g/mol. The molecule has 3 rings (SSSR count). The van der Waals surface area contributed by atoms with Crippen molar-refractivity contribution in [2.75, 3.05) is 43.6 Å². The van der Waals surface area contributed by atoms with E-state index in [1.165, 1.54) is 19.3 Å². The molecule has 0 bridgehead atoms. The zero-order valence-electron chi connectivity index (χ0n) is 12.4. The van der Waals surface area contributed by atoms with E-state index in [-0.39, 0.29) is 0 Å². The monoisotopic (exact) mass is 276 g/mol. The van der Waals surface area contributed by atoms with E-state index in [9.17, 15) is 0 Å². The minimum absolute atomic E-state index is 0.588. The summed E-state index contributed by atoms with van der Waals surface area (Å²) in [5.74, 6) is 4.28. The third-order valence-electron chi connectivity index (χ3n) is 4.04. The predicted molar refractivity (Wildman–Crippen MR) is 80.4 cm³/mol. The van der Waals surface area contributed by atoms with Crippen molar-refractivity contribution in [2.45, 2.75) is 32.1 Å². The Bertz CT molecular complexity index is 461. The van der Waals surface area contributed by atoms with E-state index in [1.807, 2.05) is 0 Å². The Labute approximate surface area is 120 Å². The van der Waals surface area contributed by atoms with E-state index >= 15 is 0 Å². The number of ether oxygens (including phenoxy) is 1. The molecule has 2 fully saturated rings. The van der Waals surface area contributed by atoms with Gasteiger partial charge in [0.15, 0.2) is 0 Å². The minimum atomic E-state index is 0.588. The van der Waals surface area contributed by atoms with Gasteiger partial charge < -0.3 is 15.0 Å². The van der Waals surface area contributed by atoms with E-state index in [0.29, 0.717) is 11.8 Å². The van der Waals surface area contributed by atoms with Gasteiger partial charge in [0, 0.05) is 44.6 Å². The van der Waals surface area contributed by atoms with Crippen molar-refractivity contribution in [2.24, 2.45) is 5.92 Å². The Morgan fingerprint density at radius 3 is 2.90 bits per heavy atom. The molecule has 1 aliphatic carbocycles. The van der Waals surface area contributed by atoms with Crippen molar-refractivity contribution in [3.05, 3.63) is 11.9 Å². The topological polar surface area (TPSA) is 50.3 Å². The Kier molecular flexibility index (Phi) is 4.05. The zero-order chi connectivity index (χ0) is 13.9. The van der Waals surface area contributed by atoms with Crippen molar-refractivity contribution in [3.63, 3.8) is 0 Å². The third-order valence-corrected chi connectivity index (χ3v) is 4.04. The molecule has 1 aromatic heterocycles. The first-order chi connectivity index (χ1) is 9.80. The molecular formula is C15H24N4O. The van der Waals surface area contributed by atoms with Gasteiger partial charge >= 0.3 is 0 Å². The van der Waals surface area contributed by atoms with Crippen LogP contribution in [0.4, 0.5) is 11.6 Å². The normalized spacial score (nSPS) is 22.3. The lowest BCUT2D eigenvalue weighted by molar-refractivity contribution is 0.161. The molecule has 2 aliphatic rings. The molecule has 1 aromatic rings. The Hall–Kier alpha value is -1.36. The lowest BCUT2D eigenvalue weighted by Crippen LogP contribution is -2.23. The standard InChI is InChI=1S/C15H24N4O/c1-3-16-13-8-14(18-15(17-13)12-4-5-12)19-7-6-11(9-19)10-20-2/h8,11-12H,3-7,9-10H2,1-2H3,(H,16,17,18). The summed E-state index contributed by atoms with van der Waals surface area (Å²) in [5.41, 5.74) is 0. The van der Waals surface area contributed by atoms with Crippen LogP contribution in [0.1, 0.15) is 37.9 Å². The lowest BCUT2D eigenvalue weighted by Gasteiger charge is -2.19. The van der Waals surface area contributed by atoms with Gasteiger partial charge in [0.05, 0.1) is 6.61 Å². The van der Waals surface area contributed by atoms with Gasteiger partial charge in [-0.25, -0.2) is 9.97 Å². The number of hydrogen-bond donors (Lipinski definition) is 1. The fourth-order valence-corrected chi connectivity index (χ4v) is 2.82. The van der Waals surface area contributed by atoms with Crippen LogP contribution in [0.15, 0.2) is 6.07 Å². The van der Waals surface area contributed by atoms with Gasteiger partial charge in [0.1, 0.15) is 17.5 Å². The summed E-state index contributed by atoms with van der Waals surface area (Å²) in [4.78, 5) is 11.8. The SMILES string of the molecule is CCNc1cc(N2CCC(COC)C2)nc(C2CC2)n1. The highest BCUT2D eigenvalue weighted by Crippen LogP contribution is 2.39.